The number of aliphatic hydroxyl groups is 3. The molecular formula is C39H36B2N2O3. The minimum Gasteiger partial charge on any atom is -0.391 e. The average Bonchev–Trinajstić information content (AvgIpc) is 3.10. The maximum absolute atomic E-state index is 11.9. The number of hydrogen-bond acceptors (Lipinski definition) is 5. The van der Waals surface area contributed by atoms with E-state index in [1.54, 1.807) is 26.2 Å². The second-order valence-corrected chi connectivity index (χ2v) is 12.1. The minimum absolute atomic E-state index is 0.379. The molecule has 6 aromatic rings. The van der Waals surface area contributed by atoms with Gasteiger partial charge in [0, 0.05) is 12.4 Å². The topological polar surface area (TPSA) is 86.5 Å². The molecular weight excluding hydrogens is 566 g/mol. The molecule has 4 aromatic carbocycles. The highest BCUT2D eigenvalue weighted by molar-refractivity contribution is 6.87. The van der Waals surface area contributed by atoms with Crippen LogP contribution in [0.1, 0.15) is 42.5 Å². The summed E-state index contributed by atoms with van der Waals surface area (Å²) in [5.41, 5.74) is 3.86. The van der Waals surface area contributed by atoms with Gasteiger partial charge in [-0.05, 0) is 49.2 Å². The molecule has 0 aliphatic rings. The maximum atomic E-state index is 11.9. The molecule has 0 spiro atoms. The fourth-order valence-corrected chi connectivity index (χ4v) is 6.53. The van der Waals surface area contributed by atoms with Crippen LogP contribution in [-0.4, -0.2) is 38.7 Å². The fraction of sp³-hybridized carbons (Fsp3) is 0.128. The Labute approximate surface area is 271 Å². The Morgan fingerprint density at radius 1 is 0.457 bits per heavy atom. The first-order valence-corrected chi connectivity index (χ1v) is 15.5. The lowest BCUT2D eigenvalue weighted by atomic mass is 9.31. The molecule has 0 radical (unpaired) electrons. The molecule has 7 heteroatoms. The molecule has 0 saturated carbocycles. The summed E-state index contributed by atoms with van der Waals surface area (Å²) in [7, 11) is 0. The van der Waals surface area contributed by atoms with Crippen molar-refractivity contribution in [1.29, 1.82) is 0 Å². The summed E-state index contributed by atoms with van der Waals surface area (Å²) in [4.78, 5) is 8.94. The van der Waals surface area contributed by atoms with Crippen LogP contribution in [0.4, 0.5) is 0 Å². The van der Waals surface area contributed by atoms with Crippen molar-refractivity contribution in [3.63, 3.8) is 0 Å². The van der Waals surface area contributed by atoms with Crippen molar-refractivity contribution in [3.8, 4) is 0 Å². The lowest BCUT2D eigenvalue weighted by molar-refractivity contribution is 0.138. The third-order valence-corrected chi connectivity index (χ3v) is 8.93. The minimum atomic E-state index is -1.27. The highest BCUT2D eigenvalue weighted by Gasteiger charge is 2.42. The average molecular weight is 602 g/mol. The molecule has 2 aromatic heterocycles. The van der Waals surface area contributed by atoms with Crippen molar-refractivity contribution in [3.05, 3.63) is 181 Å². The lowest BCUT2D eigenvalue weighted by Crippen LogP contribution is -2.57. The van der Waals surface area contributed by atoms with Gasteiger partial charge in [-0.2, -0.15) is 0 Å². The first-order chi connectivity index (χ1) is 22.3. The number of benzene rings is 4. The van der Waals surface area contributed by atoms with Crippen LogP contribution >= 0.6 is 0 Å². The van der Waals surface area contributed by atoms with E-state index >= 15 is 0 Å². The van der Waals surface area contributed by atoms with Gasteiger partial charge in [0.05, 0.1) is 22.4 Å². The van der Waals surface area contributed by atoms with Crippen molar-refractivity contribution in [2.24, 2.45) is 0 Å². The molecule has 0 bridgehead atoms. The standard InChI is InChI=1S/C39H36B2N2O3/c1-38(45,35-17-9-11-27-42-35)40(31-13-5-3-6-14-31)33-23-19-29(20-24-33)37(44)30-21-25-34(26-22-30)41(32-15-7-4-8-16-32)39(2,46)36-18-10-12-28-43-36/h3-28,37,44-46H,1-2H3. The number of hydrogen-bond donors (Lipinski definition) is 3. The third kappa shape index (κ3) is 6.31. The quantitative estimate of drug-likeness (QED) is 0.209. The molecule has 46 heavy (non-hydrogen) atoms. The van der Waals surface area contributed by atoms with Gasteiger partial charge in [-0.3, -0.25) is 9.97 Å². The number of pyridine rings is 2. The number of aliphatic hydroxyl groups excluding tert-OH is 1. The second kappa shape index (κ2) is 13.3. The van der Waals surface area contributed by atoms with Gasteiger partial charge in [0.1, 0.15) is 6.10 Å². The van der Waals surface area contributed by atoms with Crippen LogP contribution in [0.25, 0.3) is 0 Å². The van der Waals surface area contributed by atoms with E-state index in [1.165, 1.54) is 0 Å². The van der Waals surface area contributed by atoms with E-state index in [9.17, 15) is 15.3 Å². The van der Waals surface area contributed by atoms with Crippen LogP contribution < -0.4 is 21.9 Å². The zero-order chi connectivity index (χ0) is 32.1. The van der Waals surface area contributed by atoms with Gasteiger partial charge < -0.3 is 15.3 Å². The Bertz CT molecular complexity index is 1700. The predicted molar refractivity (Wildman–Crippen MR) is 187 cm³/mol. The monoisotopic (exact) mass is 602 g/mol. The molecule has 2 unspecified atom stereocenters. The molecule has 2 heterocycles. The highest BCUT2D eigenvalue weighted by atomic mass is 16.3. The molecule has 0 saturated heterocycles. The van der Waals surface area contributed by atoms with Crippen molar-refractivity contribution in [2.45, 2.75) is 31.0 Å². The third-order valence-electron chi connectivity index (χ3n) is 8.93. The normalized spacial score (nSPS) is 14.5. The fourth-order valence-electron chi connectivity index (χ4n) is 6.53. The first-order valence-electron chi connectivity index (χ1n) is 15.5. The Balaban J connectivity index is 1.29. The summed E-state index contributed by atoms with van der Waals surface area (Å²) in [5.74, 6) is 0. The molecule has 2 atom stereocenters. The van der Waals surface area contributed by atoms with Gasteiger partial charge in [0.15, 0.2) is 0 Å². The summed E-state index contributed by atoms with van der Waals surface area (Å²) in [6, 6.07) is 46.5. The van der Waals surface area contributed by atoms with Crippen molar-refractivity contribution in [1.82, 2.24) is 9.97 Å². The number of aromatic nitrogens is 2. The highest BCUT2D eigenvalue weighted by Crippen LogP contribution is 2.26. The number of rotatable bonds is 10. The van der Waals surface area contributed by atoms with Gasteiger partial charge in [-0.25, -0.2) is 0 Å². The van der Waals surface area contributed by atoms with Gasteiger partial charge in [0.2, 0.25) is 0 Å². The van der Waals surface area contributed by atoms with Crippen LogP contribution in [0.2, 0.25) is 0 Å². The Kier molecular flexibility index (Phi) is 9.00. The van der Waals surface area contributed by atoms with Crippen molar-refractivity contribution in [2.75, 3.05) is 0 Å². The van der Waals surface area contributed by atoms with Gasteiger partial charge >= 0.3 is 0 Å². The summed E-state index contributed by atoms with van der Waals surface area (Å²) < 4.78 is 0. The predicted octanol–water partition coefficient (Wildman–Crippen LogP) is 3.67. The van der Waals surface area contributed by atoms with Crippen LogP contribution in [0.3, 0.4) is 0 Å². The van der Waals surface area contributed by atoms with E-state index in [0.29, 0.717) is 11.4 Å². The van der Waals surface area contributed by atoms with E-state index in [1.807, 2.05) is 146 Å². The maximum Gasteiger partial charge on any atom is 0.252 e. The van der Waals surface area contributed by atoms with Crippen LogP contribution in [0.15, 0.2) is 158 Å². The molecule has 5 nitrogen and oxygen atoms in total. The molecule has 0 amide bonds. The first kappa shape index (κ1) is 31.2. The van der Waals surface area contributed by atoms with E-state index in [2.05, 4.69) is 9.97 Å². The molecule has 6 rings (SSSR count). The van der Waals surface area contributed by atoms with E-state index in [4.69, 9.17) is 0 Å². The van der Waals surface area contributed by atoms with E-state index in [-0.39, 0.29) is 13.4 Å². The summed E-state index contributed by atoms with van der Waals surface area (Å²) in [5, 5.41) is 35.2. The number of nitrogens with zero attached hydrogens (tertiary/aromatic N) is 2. The smallest absolute Gasteiger partial charge is 0.252 e. The van der Waals surface area contributed by atoms with Crippen molar-refractivity contribution < 1.29 is 15.3 Å². The second-order valence-electron chi connectivity index (χ2n) is 12.1. The van der Waals surface area contributed by atoms with Crippen LogP contribution in [0, 0.1) is 0 Å². The zero-order valence-electron chi connectivity index (χ0n) is 26.0. The van der Waals surface area contributed by atoms with Crippen LogP contribution in [0.5, 0.6) is 0 Å². The largest absolute Gasteiger partial charge is 0.391 e. The van der Waals surface area contributed by atoms with Crippen molar-refractivity contribution >= 4 is 35.3 Å². The Hall–Kier alpha value is -4.81. The molecule has 0 aliphatic heterocycles. The lowest BCUT2D eigenvalue weighted by Gasteiger charge is -2.31. The summed E-state index contributed by atoms with van der Waals surface area (Å²) in [6.07, 6.45) is 2.53. The molecule has 0 aliphatic carbocycles. The zero-order valence-corrected chi connectivity index (χ0v) is 26.0. The summed E-state index contributed by atoms with van der Waals surface area (Å²) in [6.45, 7) is 2.84. The summed E-state index contributed by atoms with van der Waals surface area (Å²) >= 11 is 0. The molecule has 226 valence electrons. The van der Waals surface area contributed by atoms with Gasteiger partial charge in [0.25, 0.3) is 13.4 Å². The SMILES string of the molecule is CC(O)(B(c1ccccc1)c1ccc(C(O)c2ccc(B(c3ccccc3)C(C)(O)c3ccccn3)cc2)cc1)c1ccccn1. The Morgan fingerprint density at radius 3 is 1.11 bits per heavy atom. The van der Waals surface area contributed by atoms with Crippen LogP contribution in [-0.2, 0) is 11.0 Å². The van der Waals surface area contributed by atoms with E-state index in [0.717, 1.165) is 33.0 Å². The van der Waals surface area contributed by atoms with Gasteiger partial charge in [-0.1, -0.05) is 143 Å². The molecule has 3 N–H and O–H groups in total. The van der Waals surface area contributed by atoms with E-state index < -0.39 is 17.1 Å². The Morgan fingerprint density at radius 2 is 0.783 bits per heavy atom. The van der Waals surface area contributed by atoms with Gasteiger partial charge in [-0.15, -0.1) is 0 Å². The molecule has 0 fully saturated rings.